The van der Waals surface area contributed by atoms with Gasteiger partial charge in [0.15, 0.2) is 0 Å². The third-order valence-electron chi connectivity index (χ3n) is 6.38. The van der Waals surface area contributed by atoms with Crippen molar-refractivity contribution < 1.29 is 26.4 Å². The molecule has 5 rings (SSSR count). The Morgan fingerprint density at radius 3 is 2.00 bits per heavy atom. The standard InChI is InChI=1S/C27H20F3N3O4S/c1-14-3-5-17-21(11-14)38(36,37)22-12-15(2)4-6-18(22)23(17)32-25(34)20-13-19(16-7-9-31-10-8-16)24(27(28,29)30)33-26(20)35/h3-13,23H,1-2H3,(H,32,34)(H,33,35). The number of nitrogens with one attached hydrogen (secondary N) is 2. The summed E-state index contributed by atoms with van der Waals surface area (Å²) in [6.07, 6.45) is -2.31. The first kappa shape index (κ1) is 25.4. The summed E-state index contributed by atoms with van der Waals surface area (Å²) in [6, 6.07) is 12.1. The molecule has 0 saturated carbocycles. The normalized spacial score (nSPS) is 14.4. The summed E-state index contributed by atoms with van der Waals surface area (Å²) in [6.45, 7) is 3.47. The third kappa shape index (κ3) is 4.28. The van der Waals surface area contributed by atoms with Crippen LogP contribution >= 0.6 is 0 Å². The van der Waals surface area contributed by atoms with Crippen LogP contribution in [0.4, 0.5) is 13.2 Å². The molecule has 0 spiro atoms. The molecule has 38 heavy (non-hydrogen) atoms. The molecule has 1 aliphatic rings. The minimum atomic E-state index is -4.89. The van der Waals surface area contributed by atoms with Crippen LogP contribution in [0.1, 0.15) is 44.3 Å². The number of carbonyl (C=O) groups excluding carboxylic acids is 1. The molecule has 4 aromatic rings. The fourth-order valence-corrected chi connectivity index (χ4v) is 6.47. The van der Waals surface area contributed by atoms with E-state index in [1.165, 1.54) is 36.7 Å². The van der Waals surface area contributed by atoms with Crippen LogP contribution in [-0.2, 0) is 16.0 Å². The third-order valence-corrected chi connectivity index (χ3v) is 8.24. The Morgan fingerprint density at radius 1 is 0.921 bits per heavy atom. The Labute approximate surface area is 215 Å². The monoisotopic (exact) mass is 539 g/mol. The number of aromatic nitrogens is 2. The number of rotatable bonds is 3. The molecule has 0 aliphatic carbocycles. The maximum Gasteiger partial charge on any atom is 0.431 e. The molecule has 0 unspecified atom stereocenters. The lowest BCUT2D eigenvalue weighted by molar-refractivity contribution is -0.140. The van der Waals surface area contributed by atoms with Crippen LogP contribution in [0, 0.1) is 13.8 Å². The Bertz CT molecular complexity index is 1710. The highest BCUT2D eigenvalue weighted by Gasteiger charge is 2.38. The van der Waals surface area contributed by atoms with Crippen LogP contribution in [0.2, 0.25) is 0 Å². The molecular formula is C27H20F3N3O4S. The van der Waals surface area contributed by atoms with Gasteiger partial charge in [-0.15, -0.1) is 0 Å². The van der Waals surface area contributed by atoms with Crippen molar-refractivity contribution in [1.29, 1.82) is 0 Å². The van der Waals surface area contributed by atoms with Gasteiger partial charge in [0.05, 0.1) is 15.8 Å². The molecule has 7 nitrogen and oxygen atoms in total. The summed E-state index contributed by atoms with van der Waals surface area (Å²) >= 11 is 0. The number of hydrogen-bond donors (Lipinski definition) is 2. The lowest BCUT2D eigenvalue weighted by Crippen LogP contribution is -2.37. The van der Waals surface area contributed by atoms with Crippen LogP contribution in [0.15, 0.2) is 81.6 Å². The van der Waals surface area contributed by atoms with E-state index in [0.717, 1.165) is 6.07 Å². The second-order valence-electron chi connectivity index (χ2n) is 9.03. The average Bonchev–Trinajstić information content (AvgIpc) is 2.86. The quantitative estimate of drug-likeness (QED) is 0.391. The van der Waals surface area contributed by atoms with Crippen molar-refractivity contribution >= 4 is 15.7 Å². The van der Waals surface area contributed by atoms with Gasteiger partial charge in [0.25, 0.3) is 11.5 Å². The number of amides is 1. The number of alkyl halides is 3. The molecule has 2 N–H and O–H groups in total. The van der Waals surface area contributed by atoms with E-state index in [-0.39, 0.29) is 26.5 Å². The van der Waals surface area contributed by atoms with E-state index in [1.54, 1.807) is 38.1 Å². The predicted octanol–water partition coefficient (Wildman–Crippen LogP) is 4.74. The van der Waals surface area contributed by atoms with Crippen LogP contribution in [0.3, 0.4) is 0 Å². The maximum absolute atomic E-state index is 13.7. The van der Waals surface area contributed by atoms with Crippen molar-refractivity contribution in [1.82, 2.24) is 15.3 Å². The molecule has 194 valence electrons. The highest BCUT2D eigenvalue weighted by atomic mass is 32.2. The Hall–Kier alpha value is -4.25. The Kier molecular flexibility index (Phi) is 5.98. The van der Waals surface area contributed by atoms with Crippen molar-refractivity contribution in [3.63, 3.8) is 0 Å². The zero-order chi connectivity index (χ0) is 27.4. The number of H-pyrrole nitrogens is 1. The summed E-state index contributed by atoms with van der Waals surface area (Å²) in [5.74, 6) is -0.961. The highest BCUT2D eigenvalue weighted by Crippen LogP contribution is 2.41. The number of nitrogens with zero attached hydrogens (tertiary/aromatic N) is 1. The number of sulfone groups is 1. The molecule has 0 fully saturated rings. The van der Waals surface area contributed by atoms with Gasteiger partial charge in [0.1, 0.15) is 11.3 Å². The van der Waals surface area contributed by atoms with Gasteiger partial charge in [0, 0.05) is 18.0 Å². The van der Waals surface area contributed by atoms with E-state index in [0.29, 0.717) is 11.1 Å². The largest absolute Gasteiger partial charge is 0.431 e. The number of pyridine rings is 2. The van der Waals surface area contributed by atoms with Gasteiger partial charge in [-0.05, 0) is 72.0 Å². The van der Waals surface area contributed by atoms with Crippen LogP contribution in [0.25, 0.3) is 11.1 Å². The minimum Gasteiger partial charge on any atom is -0.341 e. The molecule has 0 atom stereocenters. The lowest BCUT2D eigenvalue weighted by Gasteiger charge is -2.29. The topological polar surface area (TPSA) is 109 Å². The molecular weight excluding hydrogens is 519 g/mol. The van der Waals surface area contributed by atoms with Gasteiger partial charge in [-0.3, -0.25) is 14.6 Å². The van der Waals surface area contributed by atoms with E-state index in [9.17, 15) is 31.2 Å². The van der Waals surface area contributed by atoms with Crippen LogP contribution in [0.5, 0.6) is 0 Å². The van der Waals surface area contributed by atoms with E-state index in [1.807, 2.05) is 4.98 Å². The molecule has 0 bridgehead atoms. The fraction of sp³-hybridized carbons (Fsp3) is 0.148. The molecule has 0 radical (unpaired) electrons. The maximum atomic E-state index is 13.7. The Morgan fingerprint density at radius 2 is 1.47 bits per heavy atom. The highest BCUT2D eigenvalue weighted by molar-refractivity contribution is 7.91. The second kappa shape index (κ2) is 8.95. The number of aromatic amines is 1. The van der Waals surface area contributed by atoms with Gasteiger partial charge in [0.2, 0.25) is 9.84 Å². The SMILES string of the molecule is Cc1ccc2c(c1)S(=O)(=O)c1cc(C)ccc1C2NC(=O)c1cc(-c2ccncc2)c(C(F)(F)F)[nH]c1=O. The molecule has 2 aromatic carbocycles. The fourth-order valence-electron chi connectivity index (χ4n) is 4.56. The summed E-state index contributed by atoms with van der Waals surface area (Å²) in [7, 11) is -3.90. The van der Waals surface area contributed by atoms with Crippen LogP contribution in [-0.4, -0.2) is 24.3 Å². The average molecular weight is 540 g/mol. The zero-order valence-electron chi connectivity index (χ0n) is 20.1. The van der Waals surface area contributed by atoms with E-state index in [4.69, 9.17) is 0 Å². The molecule has 1 amide bonds. The van der Waals surface area contributed by atoms with Crippen molar-refractivity contribution in [3.8, 4) is 11.1 Å². The van der Waals surface area contributed by atoms with E-state index >= 15 is 0 Å². The summed E-state index contributed by atoms with van der Waals surface area (Å²) in [5, 5.41) is 2.69. The molecule has 3 heterocycles. The van der Waals surface area contributed by atoms with Crippen molar-refractivity contribution in [2.75, 3.05) is 0 Å². The molecule has 2 aromatic heterocycles. The van der Waals surface area contributed by atoms with Crippen molar-refractivity contribution in [2.24, 2.45) is 0 Å². The second-order valence-corrected chi connectivity index (χ2v) is 10.9. The Balaban J connectivity index is 1.65. The van der Waals surface area contributed by atoms with Gasteiger partial charge < -0.3 is 10.3 Å². The number of carbonyl (C=O) groups is 1. The molecule has 11 heteroatoms. The minimum absolute atomic E-state index is 0.0136. The van der Waals surface area contributed by atoms with Crippen molar-refractivity contribution in [3.05, 3.63) is 111 Å². The number of hydrogen-bond acceptors (Lipinski definition) is 5. The first-order valence-electron chi connectivity index (χ1n) is 11.4. The number of benzene rings is 2. The van der Waals surface area contributed by atoms with Gasteiger partial charge >= 0.3 is 6.18 Å². The van der Waals surface area contributed by atoms with Crippen molar-refractivity contribution in [2.45, 2.75) is 35.9 Å². The van der Waals surface area contributed by atoms with Crippen LogP contribution < -0.4 is 10.9 Å². The summed E-state index contributed by atoms with van der Waals surface area (Å²) < 4.78 is 68.1. The zero-order valence-corrected chi connectivity index (χ0v) is 20.9. The number of fused-ring (bicyclic) bond motifs is 2. The van der Waals surface area contributed by atoms with Gasteiger partial charge in [-0.2, -0.15) is 13.2 Å². The lowest BCUT2D eigenvalue weighted by atomic mass is 9.95. The number of halogens is 3. The summed E-state index contributed by atoms with van der Waals surface area (Å²) in [5.41, 5.74) is -1.42. The number of aryl methyl sites for hydroxylation is 2. The van der Waals surface area contributed by atoms with E-state index in [2.05, 4.69) is 10.3 Å². The smallest absolute Gasteiger partial charge is 0.341 e. The molecule has 0 saturated heterocycles. The van der Waals surface area contributed by atoms with E-state index < -0.39 is 50.3 Å². The first-order chi connectivity index (χ1) is 17.9. The van der Waals surface area contributed by atoms with Gasteiger partial charge in [-0.25, -0.2) is 8.42 Å². The molecule has 1 aliphatic heterocycles. The predicted molar refractivity (Wildman–Crippen MR) is 132 cm³/mol. The van der Waals surface area contributed by atoms with Gasteiger partial charge in [-0.1, -0.05) is 24.3 Å². The summed E-state index contributed by atoms with van der Waals surface area (Å²) in [4.78, 5) is 31.8. The first-order valence-corrected chi connectivity index (χ1v) is 12.9.